The van der Waals surface area contributed by atoms with E-state index in [0.29, 0.717) is 0 Å². The lowest BCUT2D eigenvalue weighted by molar-refractivity contribution is 0.977. The Hall–Kier alpha value is -8.20. The SMILES string of the molecule is c1ccc(-c2c3ccc(N4c5ccccc5CCc5ccccc54)cc3c(-c3cccc(-c4ccc5ccccc5c4)c3)c3ccc(N4c5ccccc5CCc5ccccc54)cc23)cc1. The molecule has 0 spiro atoms. The molecular weight excluding hydrogens is 797 g/mol. The van der Waals surface area contributed by atoms with Gasteiger partial charge in [0, 0.05) is 34.1 Å². The minimum Gasteiger partial charge on any atom is -0.310 e. The quantitative estimate of drug-likeness (QED) is 0.159. The van der Waals surface area contributed by atoms with E-state index in [2.05, 4.69) is 240 Å². The molecule has 11 aromatic carbocycles. The topological polar surface area (TPSA) is 6.48 Å². The first-order chi connectivity index (χ1) is 32.7. The molecule has 2 nitrogen and oxygen atoms in total. The number of nitrogens with zero attached hydrogens (tertiary/aromatic N) is 2. The Morgan fingerprint density at radius 3 is 1.18 bits per heavy atom. The fourth-order valence-corrected chi connectivity index (χ4v) is 11.0. The van der Waals surface area contributed by atoms with Gasteiger partial charge in [0.2, 0.25) is 0 Å². The number of rotatable bonds is 5. The first-order valence-electron chi connectivity index (χ1n) is 23.3. The van der Waals surface area contributed by atoms with E-state index in [4.69, 9.17) is 0 Å². The molecule has 66 heavy (non-hydrogen) atoms. The molecule has 0 saturated heterocycles. The van der Waals surface area contributed by atoms with E-state index >= 15 is 0 Å². The molecule has 13 rings (SSSR count). The van der Waals surface area contributed by atoms with E-state index in [1.165, 1.54) is 111 Å². The molecule has 0 atom stereocenters. The molecule has 0 aromatic heterocycles. The van der Waals surface area contributed by atoms with Crippen LogP contribution < -0.4 is 9.80 Å². The molecule has 0 N–H and O–H groups in total. The summed E-state index contributed by atoms with van der Waals surface area (Å²) in [6.45, 7) is 0. The highest BCUT2D eigenvalue weighted by molar-refractivity contribution is 6.23. The van der Waals surface area contributed by atoms with Gasteiger partial charge >= 0.3 is 0 Å². The van der Waals surface area contributed by atoms with Gasteiger partial charge in [-0.25, -0.2) is 0 Å². The molecule has 0 unspecified atom stereocenters. The molecule has 0 radical (unpaired) electrons. The van der Waals surface area contributed by atoms with Crippen molar-refractivity contribution in [2.45, 2.75) is 25.7 Å². The normalized spacial score (nSPS) is 13.2. The summed E-state index contributed by atoms with van der Waals surface area (Å²) in [6.07, 6.45) is 4.01. The van der Waals surface area contributed by atoms with Gasteiger partial charge in [-0.2, -0.15) is 0 Å². The van der Waals surface area contributed by atoms with Gasteiger partial charge in [-0.1, -0.05) is 170 Å². The lowest BCUT2D eigenvalue weighted by Gasteiger charge is -2.29. The van der Waals surface area contributed by atoms with Crippen LogP contribution >= 0.6 is 0 Å². The van der Waals surface area contributed by atoms with Gasteiger partial charge in [-0.3, -0.25) is 0 Å². The standard InChI is InChI=1S/C64H46N2/c1-2-20-48(21-3-1)63-55-37-35-54(66-61-27-12-8-18-46(61)32-33-47-19-9-13-28-62(47)66)42-58(55)64(52-24-14-23-50(40-52)51-34-29-43-15-4-5-22-49(43)39-51)56-38-36-53(41-57(56)63)65-59-25-10-6-16-44(59)30-31-45-17-7-11-26-60(45)65/h1-29,34-42H,30-33H2. The van der Waals surface area contributed by atoms with Crippen LogP contribution in [-0.2, 0) is 25.7 Å². The summed E-state index contributed by atoms with van der Waals surface area (Å²) >= 11 is 0. The zero-order chi connectivity index (χ0) is 43.6. The van der Waals surface area contributed by atoms with Crippen molar-refractivity contribution in [1.82, 2.24) is 0 Å². The van der Waals surface area contributed by atoms with E-state index < -0.39 is 0 Å². The molecule has 2 aliphatic rings. The molecule has 11 aromatic rings. The summed E-state index contributed by atoms with van der Waals surface area (Å²) in [5.74, 6) is 0. The summed E-state index contributed by atoms with van der Waals surface area (Å²) in [6, 6.07) is 86.2. The highest BCUT2D eigenvalue weighted by Crippen LogP contribution is 2.50. The van der Waals surface area contributed by atoms with Gasteiger partial charge in [-0.15, -0.1) is 0 Å². The third-order valence-corrected chi connectivity index (χ3v) is 14.2. The van der Waals surface area contributed by atoms with Crippen molar-refractivity contribution >= 4 is 66.4 Å². The second-order valence-corrected chi connectivity index (χ2v) is 17.9. The Morgan fingerprint density at radius 1 is 0.242 bits per heavy atom. The van der Waals surface area contributed by atoms with E-state index in [1.807, 2.05) is 0 Å². The first-order valence-corrected chi connectivity index (χ1v) is 23.3. The van der Waals surface area contributed by atoms with Crippen molar-refractivity contribution in [3.8, 4) is 33.4 Å². The molecule has 2 aliphatic heterocycles. The number of aryl methyl sites for hydroxylation is 4. The molecule has 0 bridgehead atoms. The van der Waals surface area contributed by atoms with E-state index in [9.17, 15) is 0 Å². The monoisotopic (exact) mass is 842 g/mol. The number of hydrogen-bond donors (Lipinski definition) is 0. The molecule has 0 amide bonds. The minimum absolute atomic E-state index is 1.00. The van der Waals surface area contributed by atoms with Crippen molar-refractivity contribution in [2.75, 3.05) is 9.80 Å². The van der Waals surface area contributed by atoms with Gasteiger partial charge in [-0.05, 0) is 174 Å². The number of fused-ring (bicyclic) bond motifs is 7. The van der Waals surface area contributed by atoms with Crippen LogP contribution in [0.2, 0.25) is 0 Å². The minimum atomic E-state index is 1.00. The second kappa shape index (κ2) is 15.8. The van der Waals surface area contributed by atoms with Crippen molar-refractivity contribution in [3.05, 3.63) is 253 Å². The van der Waals surface area contributed by atoms with E-state index in [1.54, 1.807) is 0 Å². The highest BCUT2D eigenvalue weighted by Gasteiger charge is 2.27. The molecule has 2 heteroatoms. The number of anilines is 6. The first kappa shape index (κ1) is 38.3. The fourth-order valence-electron chi connectivity index (χ4n) is 11.0. The summed E-state index contributed by atoms with van der Waals surface area (Å²) in [4.78, 5) is 5.02. The van der Waals surface area contributed by atoms with Crippen molar-refractivity contribution in [3.63, 3.8) is 0 Å². The summed E-state index contributed by atoms with van der Waals surface area (Å²) in [5, 5.41) is 7.41. The third kappa shape index (κ3) is 6.40. The molecular formula is C64H46N2. The predicted molar refractivity (Wildman–Crippen MR) is 279 cm³/mol. The second-order valence-electron chi connectivity index (χ2n) is 17.9. The smallest absolute Gasteiger partial charge is 0.0493 e. The zero-order valence-electron chi connectivity index (χ0n) is 36.7. The van der Waals surface area contributed by atoms with Crippen molar-refractivity contribution < 1.29 is 0 Å². The van der Waals surface area contributed by atoms with Gasteiger partial charge < -0.3 is 9.80 Å². The largest absolute Gasteiger partial charge is 0.310 e. The van der Waals surface area contributed by atoms with Gasteiger partial charge in [0.1, 0.15) is 0 Å². The van der Waals surface area contributed by atoms with Crippen LogP contribution in [0.25, 0.3) is 65.7 Å². The zero-order valence-corrected chi connectivity index (χ0v) is 36.7. The molecule has 0 fully saturated rings. The van der Waals surface area contributed by atoms with Gasteiger partial charge in [0.15, 0.2) is 0 Å². The van der Waals surface area contributed by atoms with Crippen LogP contribution in [0.3, 0.4) is 0 Å². The Bertz CT molecular complexity index is 3580. The molecule has 0 saturated carbocycles. The molecule has 312 valence electrons. The van der Waals surface area contributed by atoms with E-state index in [0.717, 1.165) is 37.1 Å². The number of para-hydroxylation sites is 4. The maximum absolute atomic E-state index is 2.51. The summed E-state index contributed by atoms with van der Waals surface area (Å²) < 4.78 is 0. The number of benzene rings is 11. The highest BCUT2D eigenvalue weighted by atomic mass is 15.2. The lowest BCUT2D eigenvalue weighted by Crippen LogP contribution is -2.12. The Morgan fingerprint density at radius 2 is 0.652 bits per heavy atom. The van der Waals surface area contributed by atoms with Crippen molar-refractivity contribution in [2.24, 2.45) is 0 Å². The van der Waals surface area contributed by atoms with Crippen LogP contribution in [0.5, 0.6) is 0 Å². The number of hydrogen-bond acceptors (Lipinski definition) is 2. The maximum Gasteiger partial charge on any atom is 0.0493 e. The Balaban J connectivity index is 1.12. The molecule has 2 heterocycles. The summed E-state index contributed by atoms with van der Waals surface area (Å²) in [7, 11) is 0. The summed E-state index contributed by atoms with van der Waals surface area (Å²) in [5.41, 5.74) is 20.1. The Kier molecular flexibility index (Phi) is 9.16. The third-order valence-electron chi connectivity index (χ3n) is 14.2. The van der Waals surface area contributed by atoms with Crippen LogP contribution in [0.15, 0.2) is 231 Å². The fraction of sp³-hybridized carbons (Fsp3) is 0.0625. The molecule has 0 aliphatic carbocycles. The van der Waals surface area contributed by atoms with E-state index in [-0.39, 0.29) is 0 Å². The van der Waals surface area contributed by atoms with Crippen molar-refractivity contribution in [1.29, 1.82) is 0 Å². The van der Waals surface area contributed by atoms with Crippen LogP contribution in [0.1, 0.15) is 22.3 Å². The van der Waals surface area contributed by atoms with Gasteiger partial charge in [0.05, 0.1) is 0 Å². The van der Waals surface area contributed by atoms with Gasteiger partial charge in [0.25, 0.3) is 0 Å². The average molecular weight is 843 g/mol. The van der Waals surface area contributed by atoms with Crippen LogP contribution in [-0.4, -0.2) is 0 Å². The van der Waals surface area contributed by atoms with Crippen LogP contribution in [0.4, 0.5) is 34.1 Å². The lowest BCUT2D eigenvalue weighted by atomic mass is 9.84. The maximum atomic E-state index is 2.51. The Labute approximate surface area is 386 Å². The van der Waals surface area contributed by atoms with Crippen LogP contribution in [0, 0.1) is 0 Å². The average Bonchev–Trinajstić information content (AvgIpc) is 3.66. The predicted octanol–water partition coefficient (Wildman–Crippen LogP) is 17.3.